The third-order valence-corrected chi connectivity index (χ3v) is 1.35. The van der Waals surface area contributed by atoms with Gasteiger partial charge in [-0.3, -0.25) is 0 Å². The Bertz CT molecular complexity index is 220. The zero-order chi connectivity index (χ0) is 6.85. The van der Waals surface area contributed by atoms with Crippen LogP contribution in [-0.4, -0.2) is 5.11 Å². The molecule has 0 heterocycles. The predicted molar refractivity (Wildman–Crippen MR) is 37.6 cm³/mol. The van der Waals surface area contributed by atoms with Gasteiger partial charge in [0.15, 0.2) is 0 Å². The molecule has 0 unspecified atom stereocenters. The number of phenolic OH excluding ortho intramolecular Hbond substituents is 1. The second-order valence-electron chi connectivity index (χ2n) is 2.29. The van der Waals surface area contributed by atoms with Gasteiger partial charge in [-0.1, -0.05) is 17.7 Å². The number of hydrogen-bond donors (Lipinski definition) is 1. The molecule has 0 aromatic heterocycles. The normalized spacial score (nSPS) is 8.60. The van der Waals surface area contributed by atoms with Crippen molar-refractivity contribution in [2.75, 3.05) is 0 Å². The van der Waals surface area contributed by atoms with Gasteiger partial charge < -0.3 is 5.11 Å². The molecule has 0 aliphatic carbocycles. The summed E-state index contributed by atoms with van der Waals surface area (Å²) in [5.41, 5.74) is 2.13. The molecule has 1 aromatic carbocycles. The number of aromatic hydroxyl groups is 1. The molecule has 1 nitrogen and oxygen atoms in total. The van der Waals surface area contributed by atoms with Gasteiger partial charge in [0.05, 0.1) is 0 Å². The molecule has 0 saturated carbocycles. The van der Waals surface area contributed by atoms with Gasteiger partial charge in [0.1, 0.15) is 5.75 Å². The van der Waals surface area contributed by atoms with Crippen LogP contribution in [0, 0.1) is 13.8 Å². The van der Waals surface area contributed by atoms with E-state index in [0.29, 0.717) is 5.75 Å². The molecular formula is C8H10OSc. The van der Waals surface area contributed by atoms with E-state index < -0.39 is 0 Å². The smallest absolute Gasteiger partial charge is 0.118 e. The first-order chi connectivity index (χ1) is 4.20. The summed E-state index contributed by atoms with van der Waals surface area (Å²) in [6.45, 7) is 3.90. The molecule has 2 heteroatoms. The summed E-state index contributed by atoms with van der Waals surface area (Å²) < 4.78 is 0. The molecule has 1 N–H and O–H groups in total. The van der Waals surface area contributed by atoms with Crippen molar-refractivity contribution < 1.29 is 30.9 Å². The average molecular weight is 167 g/mol. The Balaban J connectivity index is 0.000000810. The molecule has 0 atom stereocenters. The summed E-state index contributed by atoms with van der Waals surface area (Å²) in [6, 6.07) is 5.56. The number of phenols is 1. The van der Waals surface area contributed by atoms with E-state index in [-0.39, 0.29) is 25.8 Å². The van der Waals surface area contributed by atoms with E-state index in [0.717, 1.165) is 5.56 Å². The van der Waals surface area contributed by atoms with Crippen molar-refractivity contribution in [2.24, 2.45) is 0 Å². The monoisotopic (exact) mass is 167 g/mol. The van der Waals surface area contributed by atoms with E-state index in [1.54, 1.807) is 6.07 Å². The van der Waals surface area contributed by atoms with Crippen LogP contribution in [0.2, 0.25) is 0 Å². The quantitative estimate of drug-likeness (QED) is 0.626. The minimum Gasteiger partial charge on any atom is -0.508 e. The summed E-state index contributed by atoms with van der Waals surface area (Å²) >= 11 is 0. The maximum atomic E-state index is 9.04. The van der Waals surface area contributed by atoms with E-state index in [2.05, 4.69) is 0 Å². The summed E-state index contributed by atoms with van der Waals surface area (Å²) in [4.78, 5) is 0. The van der Waals surface area contributed by atoms with Crippen molar-refractivity contribution in [3.63, 3.8) is 0 Å². The van der Waals surface area contributed by atoms with Gasteiger partial charge in [0.25, 0.3) is 0 Å². The largest absolute Gasteiger partial charge is 0.508 e. The summed E-state index contributed by atoms with van der Waals surface area (Å²) in [7, 11) is 0. The molecule has 51 valence electrons. The summed E-state index contributed by atoms with van der Waals surface area (Å²) in [6.07, 6.45) is 0. The first-order valence-electron chi connectivity index (χ1n) is 2.96. The molecule has 0 spiro atoms. The zero-order valence-corrected chi connectivity index (χ0v) is 8.06. The maximum Gasteiger partial charge on any atom is 0.118 e. The Morgan fingerprint density at radius 3 is 2.20 bits per heavy atom. The van der Waals surface area contributed by atoms with Crippen molar-refractivity contribution in [1.82, 2.24) is 0 Å². The Morgan fingerprint density at radius 2 is 1.80 bits per heavy atom. The van der Waals surface area contributed by atoms with Crippen LogP contribution in [0.5, 0.6) is 5.75 Å². The minimum atomic E-state index is 0. The molecule has 0 aliphatic heterocycles. The molecule has 0 aliphatic rings. The standard InChI is InChI=1S/C8H10O.Sc/c1-6-3-4-8(9)7(2)5-6;/h3-5,9H,1-2H3;. The zero-order valence-electron chi connectivity index (χ0n) is 6.26. The molecule has 1 aromatic rings. The van der Waals surface area contributed by atoms with Crippen molar-refractivity contribution in [3.05, 3.63) is 29.3 Å². The van der Waals surface area contributed by atoms with E-state index in [1.807, 2.05) is 26.0 Å². The van der Waals surface area contributed by atoms with Gasteiger partial charge in [0, 0.05) is 25.8 Å². The van der Waals surface area contributed by atoms with Crippen LogP contribution in [0.4, 0.5) is 0 Å². The van der Waals surface area contributed by atoms with Crippen LogP contribution in [0.25, 0.3) is 0 Å². The first-order valence-corrected chi connectivity index (χ1v) is 2.96. The summed E-state index contributed by atoms with van der Waals surface area (Å²) in [5, 5.41) is 9.04. The Labute approximate surface area is 79.9 Å². The third-order valence-electron chi connectivity index (χ3n) is 1.35. The summed E-state index contributed by atoms with van der Waals surface area (Å²) in [5.74, 6) is 0.376. The van der Waals surface area contributed by atoms with Crippen LogP contribution in [0.3, 0.4) is 0 Å². The van der Waals surface area contributed by atoms with Gasteiger partial charge in [-0.2, -0.15) is 0 Å². The van der Waals surface area contributed by atoms with Crippen LogP contribution in [-0.2, 0) is 25.8 Å². The SMILES string of the molecule is Cc1ccc(O)c(C)c1.[Sc]. The first kappa shape index (κ1) is 9.89. The van der Waals surface area contributed by atoms with E-state index in [4.69, 9.17) is 5.11 Å². The van der Waals surface area contributed by atoms with Gasteiger partial charge >= 0.3 is 0 Å². The number of rotatable bonds is 0. The fourth-order valence-electron chi connectivity index (χ4n) is 0.805. The van der Waals surface area contributed by atoms with Crippen LogP contribution in [0.15, 0.2) is 18.2 Å². The van der Waals surface area contributed by atoms with Crippen molar-refractivity contribution in [1.29, 1.82) is 0 Å². The molecule has 0 saturated heterocycles. The number of hydrogen-bond acceptors (Lipinski definition) is 1. The Kier molecular flexibility index (Phi) is 3.87. The second-order valence-corrected chi connectivity index (χ2v) is 2.29. The fraction of sp³-hybridized carbons (Fsp3) is 0.250. The van der Waals surface area contributed by atoms with E-state index >= 15 is 0 Å². The molecule has 0 bridgehead atoms. The Hall–Kier alpha value is -0.110. The topological polar surface area (TPSA) is 20.2 Å². The van der Waals surface area contributed by atoms with Crippen molar-refractivity contribution >= 4 is 0 Å². The van der Waals surface area contributed by atoms with Crippen LogP contribution >= 0.6 is 0 Å². The fourth-order valence-corrected chi connectivity index (χ4v) is 0.805. The van der Waals surface area contributed by atoms with E-state index in [1.165, 1.54) is 5.56 Å². The Morgan fingerprint density at radius 1 is 1.20 bits per heavy atom. The minimum absolute atomic E-state index is 0. The molecule has 0 fully saturated rings. The van der Waals surface area contributed by atoms with Gasteiger partial charge in [-0.05, 0) is 25.5 Å². The average Bonchev–Trinajstić information content (AvgIpc) is 1.80. The number of benzene rings is 1. The van der Waals surface area contributed by atoms with Crippen molar-refractivity contribution in [3.8, 4) is 5.75 Å². The van der Waals surface area contributed by atoms with E-state index in [9.17, 15) is 0 Å². The predicted octanol–water partition coefficient (Wildman–Crippen LogP) is 2.01. The molecule has 1 radical (unpaired) electrons. The van der Waals surface area contributed by atoms with Gasteiger partial charge in [0.2, 0.25) is 0 Å². The van der Waals surface area contributed by atoms with Crippen molar-refractivity contribution in [2.45, 2.75) is 13.8 Å². The van der Waals surface area contributed by atoms with Crippen LogP contribution < -0.4 is 0 Å². The molecule has 10 heavy (non-hydrogen) atoms. The van der Waals surface area contributed by atoms with Gasteiger partial charge in [-0.25, -0.2) is 0 Å². The van der Waals surface area contributed by atoms with Gasteiger partial charge in [-0.15, -0.1) is 0 Å². The maximum absolute atomic E-state index is 9.04. The number of aryl methyl sites for hydroxylation is 2. The molecule has 0 amide bonds. The third kappa shape index (κ3) is 2.25. The molecule has 1 rings (SSSR count). The van der Waals surface area contributed by atoms with Crippen LogP contribution in [0.1, 0.15) is 11.1 Å². The second kappa shape index (κ2) is 3.91. The molecular weight excluding hydrogens is 157 g/mol.